The molecule has 0 atom stereocenters. The van der Waals surface area contributed by atoms with Crippen LogP contribution in [-0.4, -0.2) is 48.2 Å². The van der Waals surface area contributed by atoms with Gasteiger partial charge in [-0.2, -0.15) is 0 Å². The SMILES string of the molecule is COC1(C(=O)NCCc2nc3ccc(F)cc3[nH]2)CCNCC1.Cl.Cl. The van der Waals surface area contributed by atoms with Crippen LogP contribution < -0.4 is 10.6 Å². The predicted octanol–water partition coefficient (Wildman–Crippen LogP) is 1.97. The Labute approximate surface area is 158 Å². The minimum Gasteiger partial charge on any atom is -0.368 e. The summed E-state index contributed by atoms with van der Waals surface area (Å²) in [5.74, 6) is 0.347. The Bertz CT molecular complexity index is 704. The summed E-state index contributed by atoms with van der Waals surface area (Å²) in [5.41, 5.74) is 0.653. The largest absolute Gasteiger partial charge is 0.368 e. The van der Waals surface area contributed by atoms with Gasteiger partial charge < -0.3 is 20.4 Å². The Hall–Kier alpha value is -1.41. The summed E-state index contributed by atoms with van der Waals surface area (Å²) < 4.78 is 18.7. The molecule has 1 aromatic carbocycles. The van der Waals surface area contributed by atoms with E-state index in [2.05, 4.69) is 20.6 Å². The standard InChI is InChI=1S/C16H21FN4O2.2ClH/c1-23-16(5-8-18-9-6-16)15(22)19-7-4-14-20-12-3-2-11(17)10-13(12)21-14;;/h2-3,10,18H,4-9H2,1H3,(H,19,22)(H,20,21);2*1H. The summed E-state index contributed by atoms with van der Waals surface area (Å²) in [6, 6.07) is 4.44. The van der Waals surface area contributed by atoms with Crippen LogP contribution in [0.15, 0.2) is 18.2 Å². The Morgan fingerprint density at radius 2 is 2.08 bits per heavy atom. The lowest BCUT2D eigenvalue weighted by Gasteiger charge is -2.34. The molecule has 1 amide bonds. The number of aromatic nitrogens is 2. The first kappa shape index (κ1) is 21.6. The summed E-state index contributed by atoms with van der Waals surface area (Å²) in [6.45, 7) is 2.01. The molecule has 3 N–H and O–H groups in total. The van der Waals surface area contributed by atoms with E-state index in [1.165, 1.54) is 12.1 Å². The van der Waals surface area contributed by atoms with Crippen molar-refractivity contribution in [2.24, 2.45) is 0 Å². The minimum absolute atomic E-state index is 0. The van der Waals surface area contributed by atoms with Crippen LogP contribution in [0.1, 0.15) is 18.7 Å². The van der Waals surface area contributed by atoms with Gasteiger partial charge in [0.1, 0.15) is 17.2 Å². The molecule has 3 rings (SSSR count). The highest BCUT2D eigenvalue weighted by Crippen LogP contribution is 2.22. The van der Waals surface area contributed by atoms with Crippen LogP contribution in [0.5, 0.6) is 0 Å². The van der Waals surface area contributed by atoms with Gasteiger partial charge in [-0.05, 0) is 44.1 Å². The van der Waals surface area contributed by atoms with Gasteiger partial charge in [0.05, 0.1) is 11.0 Å². The number of hydrogen-bond donors (Lipinski definition) is 3. The van der Waals surface area contributed by atoms with Gasteiger partial charge in [-0.15, -0.1) is 24.8 Å². The van der Waals surface area contributed by atoms with Crippen LogP contribution in [0, 0.1) is 5.82 Å². The van der Waals surface area contributed by atoms with Crippen LogP contribution in [0.2, 0.25) is 0 Å². The first-order valence-corrected chi connectivity index (χ1v) is 7.81. The van der Waals surface area contributed by atoms with Gasteiger partial charge in [0.2, 0.25) is 0 Å². The quantitative estimate of drug-likeness (QED) is 0.726. The molecule has 25 heavy (non-hydrogen) atoms. The summed E-state index contributed by atoms with van der Waals surface area (Å²) in [4.78, 5) is 19.9. The molecular weight excluding hydrogens is 370 g/mol. The Kier molecular flexibility index (Phi) is 8.08. The number of carbonyl (C=O) groups excluding carboxylic acids is 1. The third-order valence-electron chi connectivity index (χ3n) is 4.36. The molecular formula is C16H23Cl2FN4O2. The van der Waals surface area contributed by atoms with Crippen molar-refractivity contribution in [2.45, 2.75) is 24.9 Å². The molecule has 0 aliphatic carbocycles. The zero-order valence-corrected chi connectivity index (χ0v) is 15.6. The fourth-order valence-electron chi connectivity index (χ4n) is 2.96. The summed E-state index contributed by atoms with van der Waals surface area (Å²) in [6.07, 6.45) is 1.89. The lowest BCUT2D eigenvalue weighted by atomic mass is 9.91. The van der Waals surface area contributed by atoms with Gasteiger partial charge in [0, 0.05) is 20.1 Å². The number of rotatable bonds is 5. The molecule has 9 heteroatoms. The Balaban J connectivity index is 0.00000156. The van der Waals surface area contributed by atoms with E-state index in [1.807, 2.05) is 0 Å². The third kappa shape index (κ3) is 4.82. The maximum absolute atomic E-state index is 13.2. The van der Waals surface area contributed by atoms with E-state index < -0.39 is 5.60 Å². The molecule has 2 heterocycles. The monoisotopic (exact) mass is 392 g/mol. The van der Waals surface area contributed by atoms with Gasteiger partial charge >= 0.3 is 0 Å². The maximum Gasteiger partial charge on any atom is 0.252 e. The molecule has 1 aromatic heterocycles. The van der Waals surface area contributed by atoms with Crippen molar-refractivity contribution in [3.8, 4) is 0 Å². The van der Waals surface area contributed by atoms with Crippen LogP contribution in [0.4, 0.5) is 4.39 Å². The zero-order chi connectivity index (χ0) is 16.3. The van der Waals surface area contributed by atoms with Crippen molar-refractivity contribution in [3.63, 3.8) is 0 Å². The number of amides is 1. The lowest BCUT2D eigenvalue weighted by Crippen LogP contribution is -2.54. The van der Waals surface area contributed by atoms with E-state index in [0.717, 1.165) is 24.4 Å². The second-order valence-corrected chi connectivity index (χ2v) is 5.80. The molecule has 0 bridgehead atoms. The predicted molar refractivity (Wildman–Crippen MR) is 99.1 cm³/mol. The van der Waals surface area contributed by atoms with E-state index in [1.54, 1.807) is 13.2 Å². The molecule has 140 valence electrons. The van der Waals surface area contributed by atoms with E-state index in [9.17, 15) is 9.18 Å². The number of nitrogens with one attached hydrogen (secondary N) is 3. The van der Waals surface area contributed by atoms with Crippen LogP contribution in [0.25, 0.3) is 11.0 Å². The van der Waals surface area contributed by atoms with Crippen LogP contribution in [-0.2, 0) is 16.0 Å². The molecule has 2 aromatic rings. The van der Waals surface area contributed by atoms with Gasteiger partial charge in [-0.3, -0.25) is 4.79 Å². The molecule has 0 spiro atoms. The number of ether oxygens (including phenoxy) is 1. The minimum atomic E-state index is -0.734. The van der Waals surface area contributed by atoms with Crippen molar-refractivity contribution >= 4 is 41.8 Å². The topological polar surface area (TPSA) is 79.0 Å². The van der Waals surface area contributed by atoms with Gasteiger partial charge in [0.15, 0.2) is 0 Å². The number of piperidine rings is 1. The smallest absolute Gasteiger partial charge is 0.252 e. The molecule has 1 aliphatic rings. The lowest BCUT2D eigenvalue weighted by molar-refractivity contribution is -0.146. The Morgan fingerprint density at radius 1 is 1.36 bits per heavy atom. The van der Waals surface area contributed by atoms with Gasteiger partial charge in [0.25, 0.3) is 5.91 Å². The van der Waals surface area contributed by atoms with E-state index in [0.29, 0.717) is 31.3 Å². The number of fused-ring (bicyclic) bond motifs is 1. The molecule has 0 unspecified atom stereocenters. The number of benzene rings is 1. The van der Waals surface area contributed by atoms with Crippen molar-refractivity contribution in [1.82, 2.24) is 20.6 Å². The first-order valence-electron chi connectivity index (χ1n) is 7.81. The number of H-pyrrole nitrogens is 1. The maximum atomic E-state index is 13.2. The molecule has 1 fully saturated rings. The number of halogens is 3. The van der Waals surface area contributed by atoms with E-state index in [-0.39, 0.29) is 36.5 Å². The molecule has 0 radical (unpaired) electrons. The second-order valence-electron chi connectivity index (χ2n) is 5.80. The highest BCUT2D eigenvalue weighted by atomic mass is 35.5. The zero-order valence-electron chi connectivity index (χ0n) is 13.9. The van der Waals surface area contributed by atoms with E-state index >= 15 is 0 Å². The van der Waals surface area contributed by atoms with Crippen LogP contribution >= 0.6 is 24.8 Å². The number of hydrogen-bond acceptors (Lipinski definition) is 4. The average molecular weight is 393 g/mol. The Morgan fingerprint density at radius 3 is 2.76 bits per heavy atom. The second kappa shape index (κ2) is 9.33. The average Bonchev–Trinajstić information content (AvgIpc) is 2.97. The highest BCUT2D eigenvalue weighted by molar-refractivity contribution is 5.86. The summed E-state index contributed by atoms with van der Waals surface area (Å²) in [5, 5.41) is 6.15. The molecule has 6 nitrogen and oxygen atoms in total. The number of carbonyl (C=O) groups is 1. The number of imidazole rings is 1. The molecule has 0 saturated carbocycles. The van der Waals surface area contributed by atoms with E-state index in [4.69, 9.17) is 4.74 Å². The number of nitrogens with zero attached hydrogens (tertiary/aromatic N) is 1. The van der Waals surface area contributed by atoms with Crippen LogP contribution in [0.3, 0.4) is 0 Å². The van der Waals surface area contributed by atoms with Gasteiger partial charge in [-0.1, -0.05) is 0 Å². The normalized spacial score (nSPS) is 15.9. The fraction of sp³-hybridized carbons (Fsp3) is 0.500. The van der Waals surface area contributed by atoms with Gasteiger partial charge in [-0.25, -0.2) is 9.37 Å². The number of methoxy groups -OCH3 is 1. The van der Waals surface area contributed by atoms with Crippen molar-refractivity contribution in [2.75, 3.05) is 26.7 Å². The fourth-order valence-corrected chi connectivity index (χ4v) is 2.96. The number of aromatic amines is 1. The first-order chi connectivity index (χ1) is 11.1. The van der Waals surface area contributed by atoms with Crippen molar-refractivity contribution in [3.05, 3.63) is 29.8 Å². The summed E-state index contributed by atoms with van der Waals surface area (Å²) in [7, 11) is 1.58. The third-order valence-corrected chi connectivity index (χ3v) is 4.36. The summed E-state index contributed by atoms with van der Waals surface area (Å²) >= 11 is 0. The molecule has 1 saturated heterocycles. The highest BCUT2D eigenvalue weighted by Gasteiger charge is 2.39. The van der Waals surface area contributed by atoms with Crippen molar-refractivity contribution < 1.29 is 13.9 Å². The molecule has 1 aliphatic heterocycles. The van der Waals surface area contributed by atoms with Crippen molar-refractivity contribution in [1.29, 1.82) is 0 Å².